The molecule has 0 radical (unpaired) electrons. The number of methoxy groups -OCH3 is 2. The summed E-state index contributed by atoms with van der Waals surface area (Å²) in [6.07, 6.45) is 1.51. The number of esters is 1. The van der Waals surface area contributed by atoms with Gasteiger partial charge >= 0.3 is 5.97 Å². The van der Waals surface area contributed by atoms with E-state index in [0.29, 0.717) is 17.9 Å². The van der Waals surface area contributed by atoms with Gasteiger partial charge in [-0.1, -0.05) is 18.2 Å². The van der Waals surface area contributed by atoms with E-state index in [-0.39, 0.29) is 12.3 Å². The van der Waals surface area contributed by atoms with Crippen molar-refractivity contribution in [2.24, 2.45) is 4.99 Å². The number of aromatic nitrogens is 1. The molecule has 1 aromatic heterocycles. The first-order chi connectivity index (χ1) is 16.5. The van der Waals surface area contributed by atoms with Crippen molar-refractivity contribution in [2.75, 3.05) is 20.8 Å². The first-order valence-electron chi connectivity index (χ1n) is 11.4. The van der Waals surface area contributed by atoms with Crippen LogP contribution >= 0.6 is 0 Å². The van der Waals surface area contributed by atoms with E-state index in [2.05, 4.69) is 36.4 Å². The number of hydrogen-bond donors (Lipinski definition) is 0. The van der Waals surface area contributed by atoms with Crippen LogP contribution in [0.15, 0.2) is 59.6 Å². The van der Waals surface area contributed by atoms with Crippen LogP contribution in [-0.2, 0) is 16.0 Å². The molecule has 176 valence electrons. The molecule has 0 bridgehead atoms. The maximum absolute atomic E-state index is 12.6. The van der Waals surface area contributed by atoms with Gasteiger partial charge in [-0.25, -0.2) is 4.79 Å². The molecule has 0 saturated heterocycles. The molecule has 1 heterocycles. The molecular weight excluding hydrogens is 428 g/mol. The Morgan fingerprint density at radius 2 is 1.79 bits per heavy atom. The average molecular weight is 459 g/mol. The number of benzene rings is 3. The molecule has 6 nitrogen and oxygen atoms in total. The minimum Gasteiger partial charge on any atom is -0.423 e. The van der Waals surface area contributed by atoms with Crippen LogP contribution in [0.5, 0.6) is 5.75 Å². The van der Waals surface area contributed by atoms with Crippen molar-refractivity contribution >= 4 is 34.0 Å². The first-order valence-corrected chi connectivity index (χ1v) is 11.4. The third-order valence-electron chi connectivity index (χ3n) is 6.14. The standard InChI is InChI=1S/C28H30N2O4/c1-6-30-24-13-12-22(34-28(31)20-10-8-7-9-11-20)15-23(24)26-19(3)21(14-18(2)27(26)30)16-29-17-25(32-4)33-5/h7-16,25H,6,17H2,1-5H3/b29-16+. The van der Waals surface area contributed by atoms with Gasteiger partial charge in [0.05, 0.1) is 17.6 Å². The topological polar surface area (TPSA) is 62.1 Å². The molecule has 0 aliphatic carbocycles. The summed E-state index contributed by atoms with van der Waals surface area (Å²) in [7, 11) is 3.21. The monoisotopic (exact) mass is 458 g/mol. The predicted octanol–water partition coefficient (Wildman–Crippen LogP) is 5.69. The number of aliphatic imine (C=N–C) groups is 1. The molecule has 0 saturated carbocycles. The van der Waals surface area contributed by atoms with Crippen LogP contribution in [0.25, 0.3) is 21.8 Å². The third kappa shape index (κ3) is 4.47. The first kappa shape index (κ1) is 23.7. The zero-order valence-electron chi connectivity index (χ0n) is 20.3. The van der Waals surface area contributed by atoms with Gasteiger partial charge in [-0.2, -0.15) is 0 Å². The van der Waals surface area contributed by atoms with Crippen molar-refractivity contribution in [3.63, 3.8) is 0 Å². The Kier molecular flexibility index (Phi) is 7.10. The maximum atomic E-state index is 12.6. The van der Waals surface area contributed by atoms with Gasteiger partial charge in [0, 0.05) is 43.3 Å². The highest BCUT2D eigenvalue weighted by Crippen LogP contribution is 2.37. The van der Waals surface area contributed by atoms with E-state index in [4.69, 9.17) is 14.2 Å². The lowest BCUT2D eigenvalue weighted by molar-refractivity contribution is -0.0936. The zero-order valence-corrected chi connectivity index (χ0v) is 20.3. The molecular formula is C28H30N2O4. The van der Waals surface area contributed by atoms with E-state index in [1.165, 1.54) is 5.52 Å². The molecule has 0 aliphatic rings. The lowest BCUT2D eigenvalue weighted by atomic mass is 9.99. The van der Waals surface area contributed by atoms with E-state index < -0.39 is 0 Å². The van der Waals surface area contributed by atoms with E-state index in [0.717, 1.165) is 39.5 Å². The normalized spacial score (nSPS) is 11.8. The Bertz CT molecular complexity index is 1350. The molecule has 0 unspecified atom stereocenters. The molecule has 3 aromatic carbocycles. The Morgan fingerprint density at radius 3 is 2.47 bits per heavy atom. The third-order valence-corrected chi connectivity index (χ3v) is 6.14. The van der Waals surface area contributed by atoms with E-state index in [1.807, 2.05) is 42.6 Å². The summed E-state index contributed by atoms with van der Waals surface area (Å²) in [6, 6.07) is 17.0. The van der Waals surface area contributed by atoms with E-state index >= 15 is 0 Å². The van der Waals surface area contributed by atoms with Crippen molar-refractivity contribution in [3.8, 4) is 5.75 Å². The summed E-state index contributed by atoms with van der Waals surface area (Å²) in [5.74, 6) is 0.154. The molecule has 0 atom stereocenters. The Morgan fingerprint density at radius 1 is 1.06 bits per heavy atom. The quantitative estimate of drug-likeness (QED) is 0.147. The molecule has 6 heteroatoms. The molecule has 34 heavy (non-hydrogen) atoms. The number of carbonyl (C=O) groups is 1. The van der Waals surface area contributed by atoms with Crippen molar-refractivity contribution in [2.45, 2.75) is 33.6 Å². The zero-order chi connectivity index (χ0) is 24.2. The molecule has 0 fully saturated rings. The fourth-order valence-corrected chi connectivity index (χ4v) is 4.43. The van der Waals surface area contributed by atoms with Crippen LogP contribution < -0.4 is 4.74 Å². The van der Waals surface area contributed by atoms with Crippen LogP contribution in [0.4, 0.5) is 0 Å². The van der Waals surface area contributed by atoms with Crippen molar-refractivity contribution < 1.29 is 19.0 Å². The van der Waals surface area contributed by atoms with Gasteiger partial charge < -0.3 is 18.8 Å². The lowest BCUT2D eigenvalue weighted by Gasteiger charge is -2.11. The smallest absolute Gasteiger partial charge is 0.343 e. The van der Waals surface area contributed by atoms with Crippen molar-refractivity contribution in [1.82, 2.24) is 4.57 Å². The number of hydrogen-bond acceptors (Lipinski definition) is 5. The number of ether oxygens (including phenoxy) is 3. The van der Waals surface area contributed by atoms with Crippen LogP contribution in [0, 0.1) is 13.8 Å². The van der Waals surface area contributed by atoms with Gasteiger partial charge in [0.25, 0.3) is 0 Å². The van der Waals surface area contributed by atoms with Gasteiger partial charge in [0.2, 0.25) is 0 Å². The highest BCUT2D eigenvalue weighted by atomic mass is 16.7. The summed E-state index contributed by atoms with van der Waals surface area (Å²) in [6.45, 7) is 7.62. The second-order valence-electron chi connectivity index (χ2n) is 8.21. The number of aryl methyl sites for hydroxylation is 3. The lowest BCUT2D eigenvalue weighted by Crippen LogP contribution is -2.16. The van der Waals surface area contributed by atoms with Crippen LogP contribution in [-0.4, -0.2) is 43.8 Å². The fraction of sp³-hybridized carbons (Fsp3) is 0.286. The molecule has 4 rings (SSSR count). The average Bonchev–Trinajstić information content (AvgIpc) is 3.19. The van der Waals surface area contributed by atoms with Gasteiger partial charge in [-0.15, -0.1) is 0 Å². The molecule has 0 spiro atoms. The van der Waals surface area contributed by atoms with Crippen molar-refractivity contribution in [1.29, 1.82) is 0 Å². The van der Waals surface area contributed by atoms with Gasteiger partial charge in [0.1, 0.15) is 5.75 Å². The number of rotatable bonds is 8. The summed E-state index contributed by atoms with van der Waals surface area (Å²) >= 11 is 0. The summed E-state index contributed by atoms with van der Waals surface area (Å²) in [5, 5.41) is 2.20. The molecule has 0 aliphatic heterocycles. The summed E-state index contributed by atoms with van der Waals surface area (Å²) in [4.78, 5) is 17.1. The number of fused-ring (bicyclic) bond motifs is 3. The summed E-state index contributed by atoms with van der Waals surface area (Å²) < 4.78 is 18.5. The molecule has 0 N–H and O–H groups in total. The molecule has 0 amide bonds. The Hall–Kier alpha value is -3.48. The minimum atomic E-state index is -0.370. The summed E-state index contributed by atoms with van der Waals surface area (Å²) in [5.41, 5.74) is 6.14. The fourth-order valence-electron chi connectivity index (χ4n) is 4.43. The minimum absolute atomic E-state index is 0.370. The van der Waals surface area contributed by atoms with Crippen LogP contribution in [0.2, 0.25) is 0 Å². The van der Waals surface area contributed by atoms with Crippen LogP contribution in [0.3, 0.4) is 0 Å². The van der Waals surface area contributed by atoms with Crippen LogP contribution in [0.1, 0.15) is 34.0 Å². The van der Waals surface area contributed by atoms with Gasteiger partial charge in [-0.05, 0) is 73.9 Å². The highest BCUT2D eigenvalue weighted by molar-refractivity contribution is 6.13. The maximum Gasteiger partial charge on any atom is 0.343 e. The SMILES string of the molecule is CCn1c2ccc(OC(=O)c3ccccc3)cc2c2c(C)c(/C=N/CC(OC)OC)cc(C)c21. The largest absolute Gasteiger partial charge is 0.423 e. The number of carbonyl (C=O) groups excluding carboxylic acids is 1. The van der Waals surface area contributed by atoms with Gasteiger partial charge in [-0.3, -0.25) is 4.99 Å². The molecule has 4 aromatic rings. The Labute approximate surface area is 199 Å². The highest BCUT2D eigenvalue weighted by Gasteiger charge is 2.18. The van der Waals surface area contributed by atoms with Gasteiger partial charge in [0.15, 0.2) is 6.29 Å². The second-order valence-corrected chi connectivity index (χ2v) is 8.21. The predicted molar refractivity (Wildman–Crippen MR) is 136 cm³/mol. The van der Waals surface area contributed by atoms with E-state index in [9.17, 15) is 4.79 Å². The van der Waals surface area contributed by atoms with E-state index in [1.54, 1.807) is 26.4 Å². The second kappa shape index (κ2) is 10.2. The number of nitrogens with zero attached hydrogens (tertiary/aromatic N) is 2. The van der Waals surface area contributed by atoms with Crippen molar-refractivity contribution in [3.05, 3.63) is 76.9 Å². The Balaban J connectivity index is 1.80.